The minimum absolute atomic E-state index is 0.495. The van der Waals surface area contributed by atoms with Crippen LogP contribution in [0.1, 0.15) is 168 Å². The highest BCUT2D eigenvalue weighted by molar-refractivity contribution is 6.61. The fourth-order valence-electron chi connectivity index (χ4n) is 4.69. The molecule has 0 aromatic rings. The van der Waals surface area contributed by atoms with Crippen molar-refractivity contribution in [3.63, 3.8) is 0 Å². The zero-order valence-electron chi connectivity index (χ0n) is 21.9. The fourth-order valence-corrected chi connectivity index (χ4v) is 4.75. The molecule has 1 atom stereocenters. The molecule has 0 aliphatic rings. The van der Waals surface area contributed by atoms with E-state index in [2.05, 4.69) is 13.8 Å². The minimum Gasteiger partial charge on any atom is -0.453 e. The van der Waals surface area contributed by atoms with Gasteiger partial charge in [0.15, 0.2) is 0 Å². The van der Waals surface area contributed by atoms with E-state index in [1.807, 2.05) is 0 Å². The van der Waals surface area contributed by atoms with E-state index in [0.29, 0.717) is 12.5 Å². The highest BCUT2D eigenvalue weighted by atomic mass is 35.5. The number of carbonyl (C=O) groups excluding carboxylic acids is 1. The number of halogens is 1. The van der Waals surface area contributed by atoms with Crippen LogP contribution in [-0.4, -0.2) is 12.0 Å². The van der Waals surface area contributed by atoms with Crippen LogP contribution in [0.3, 0.4) is 0 Å². The van der Waals surface area contributed by atoms with Crippen molar-refractivity contribution in [2.45, 2.75) is 168 Å². The predicted octanol–water partition coefficient (Wildman–Crippen LogP) is 11.4. The minimum atomic E-state index is -0.646. The van der Waals surface area contributed by atoms with E-state index in [1.165, 1.54) is 154 Å². The largest absolute Gasteiger partial charge is 0.453 e. The molecule has 0 radical (unpaired) electrons. The summed E-state index contributed by atoms with van der Waals surface area (Å²) in [6, 6.07) is 0. The molecule has 192 valence electrons. The van der Waals surface area contributed by atoms with Gasteiger partial charge in [0.1, 0.15) is 0 Å². The van der Waals surface area contributed by atoms with Crippen molar-refractivity contribution in [3.8, 4) is 0 Å². The van der Waals surface area contributed by atoms with Crippen molar-refractivity contribution in [2.75, 3.05) is 6.61 Å². The van der Waals surface area contributed by atoms with E-state index in [1.54, 1.807) is 0 Å². The molecule has 0 N–H and O–H groups in total. The maximum atomic E-state index is 11.0. The Hall–Kier alpha value is -0.240. The lowest BCUT2D eigenvalue weighted by atomic mass is 9.94. The Bertz CT molecular complexity index is 372. The topological polar surface area (TPSA) is 26.3 Å². The Morgan fingerprint density at radius 1 is 0.531 bits per heavy atom. The smallest absolute Gasteiger partial charge is 0.403 e. The molecule has 0 aromatic carbocycles. The van der Waals surface area contributed by atoms with Crippen LogP contribution in [0.2, 0.25) is 0 Å². The zero-order valence-corrected chi connectivity index (χ0v) is 22.7. The molecule has 32 heavy (non-hydrogen) atoms. The molecule has 0 fully saturated rings. The lowest BCUT2D eigenvalue weighted by Crippen LogP contribution is -2.11. The number of ether oxygens (including phenoxy) is 1. The molecule has 0 amide bonds. The molecule has 2 nitrogen and oxygen atoms in total. The van der Waals surface area contributed by atoms with Crippen LogP contribution >= 0.6 is 11.6 Å². The quantitative estimate of drug-likeness (QED) is 0.0923. The van der Waals surface area contributed by atoms with Crippen molar-refractivity contribution in [3.05, 3.63) is 0 Å². The van der Waals surface area contributed by atoms with E-state index in [9.17, 15) is 4.79 Å². The van der Waals surface area contributed by atoms with Gasteiger partial charge in [-0.25, -0.2) is 4.79 Å². The average Bonchev–Trinajstić information content (AvgIpc) is 2.78. The molecular weight excluding hydrogens is 416 g/mol. The van der Waals surface area contributed by atoms with Gasteiger partial charge in [0, 0.05) is 11.6 Å². The summed E-state index contributed by atoms with van der Waals surface area (Å²) in [6.07, 6.45) is 32.6. The van der Waals surface area contributed by atoms with Crippen molar-refractivity contribution < 1.29 is 9.53 Å². The number of unbranched alkanes of at least 4 members (excludes halogenated alkanes) is 20. The van der Waals surface area contributed by atoms with Crippen LogP contribution in [0, 0.1) is 5.92 Å². The number of hydrogen-bond acceptors (Lipinski definition) is 2. The highest BCUT2D eigenvalue weighted by Gasteiger charge is 2.11. The van der Waals surface area contributed by atoms with Crippen LogP contribution in [0.25, 0.3) is 0 Å². The van der Waals surface area contributed by atoms with Crippen molar-refractivity contribution in [2.24, 2.45) is 5.92 Å². The summed E-state index contributed by atoms with van der Waals surface area (Å²) in [4.78, 5) is 11.0. The first-order valence-corrected chi connectivity index (χ1v) is 14.9. The zero-order chi connectivity index (χ0) is 23.5. The first-order chi connectivity index (χ1) is 15.7. The monoisotopic (exact) mass is 472 g/mol. The second kappa shape index (κ2) is 27.0. The molecule has 0 bridgehead atoms. The van der Waals surface area contributed by atoms with Gasteiger partial charge in [0.2, 0.25) is 0 Å². The number of hydrogen-bond donors (Lipinski definition) is 0. The Labute approximate surface area is 207 Å². The lowest BCUT2D eigenvalue weighted by molar-refractivity contribution is 0.144. The standard InChI is InChI=1S/C29H57ClO2/c1-3-5-7-9-11-13-15-16-18-20-22-24-26-28(27-32-29(30)31)25-23-21-19-17-14-12-10-8-6-4-2/h28H,3-27H2,1-2H3. The molecule has 0 aliphatic carbocycles. The summed E-state index contributed by atoms with van der Waals surface area (Å²) >= 11 is 5.40. The summed E-state index contributed by atoms with van der Waals surface area (Å²) in [5.74, 6) is 0.495. The van der Waals surface area contributed by atoms with Crippen LogP contribution < -0.4 is 0 Å². The second-order valence-corrected chi connectivity index (χ2v) is 10.4. The highest BCUT2D eigenvalue weighted by Crippen LogP contribution is 2.21. The Kier molecular flexibility index (Phi) is 26.8. The Morgan fingerprint density at radius 2 is 0.812 bits per heavy atom. The summed E-state index contributed by atoms with van der Waals surface area (Å²) in [5, 5.41) is 0. The van der Waals surface area contributed by atoms with Gasteiger partial charge in [-0.3, -0.25) is 0 Å². The normalized spacial score (nSPS) is 12.2. The van der Waals surface area contributed by atoms with E-state index in [0.717, 1.165) is 0 Å². The predicted molar refractivity (Wildman–Crippen MR) is 143 cm³/mol. The molecule has 0 heterocycles. The van der Waals surface area contributed by atoms with Gasteiger partial charge >= 0.3 is 5.43 Å². The summed E-state index contributed by atoms with van der Waals surface area (Å²) < 4.78 is 5.13. The Morgan fingerprint density at radius 3 is 1.09 bits per heavy atom. The van der Waals surface area contributed by atoms with E-state index in [4.69, 9.17) is 16.3 Å². The van der Waals surface area contributed by atoms with Gasteiger partial charge < -0.3 is 4.74 Å². The molecule has 0 saturated heterocycles. The first kappa shape index (κ1) is 31.8. The maximum Gasteiger partial charge on any atom is 0.403 e. The molecule has 0 spiro atoms. The van der Waals surface area contributed by atoms with Gasteiger partial charge in [-0.2, -0.15) is 0 Å². The summed E-state index contributed by atoms with van der Waals surface area (Å²) in [5.41, 5.74) is -0.646. The molecule has 0 aliphatic heterocycles. The van der Waals surface area contributed by atoms with Gasteiger partial charge in [0.25, 0.3) is 0 Å². The van der Waals surface area contributed by atoms with Crippen LogP contribution in [0.15, 0.2) is 0 Å². The number of rotatable bonds is 26. The van der Waals surface area contributed by atoms with Crippen molar-refractivity contribution >= 4 is 17.0 Å². The third-order valence-electron chi connectivity index (χ3n) is 6.86. The second-order valence-electron chi connectivity index (χ2n) is 10.1. The molecular formula is C29H57ClO2. The van der Waals surface area contributed by atoms with Crippen molar-refractivity contribution in [1.82, 2.24) is 0 Å². The van der Waals surface area contributed by atoms with Crippen LogP contribution in [-0.2, 0) is 4.74 Å². The van der Waals surface area contributed by atoms with E-state index in [-0.39, 0.29) is 0 Å². The van der Waals surface area contributed by atoms with E-state index >= 15 is 0 Å². The third kappa shape index (κ3) is 26.0. The van der Waals surface area contributed by atoms with Crippen molar-refractivity contribution in [1.29, 1.82) is 0 Å². The maximum absolute atomic E-state index is 11.0. The molecule has 3 heteroatoms. The third-order valence-corrected chi connectivity index (χ3v) is 6.97. The number of carbonyl (C=O) groups is 1. The van der Waals surface area contributed by atoms with Gasteiger partial charge in [-0.05, 0) is 18.8 Å². The van der Waals surface area contributed by atoms with Crippen LogP contribution in [0.5, 0.6) is 0 Å². The fraction of sp³-hybridized carbons (Fsp3) is 0.966. The molecule has 0 saturated carbocycles. The molecule has 0 aromatic heterocycles. The lowest BCUT2D eigenvalue weighted by Gasteiger charge is -2.16. The van der Waals surface area contributed by atoms with Gasteiger partial charge in [-0.1, -0.05) is 155 Å². The Balaban J connectivity index is 3.62. The first-order valence-electron chi connectivity index (χ1n) is 14.5. The van der Waals surface area contributed by atoms with E-state index < -0.39 is 5.43 Å². The SMILES string of the molecule is CCCCCCCCCCCCCCC(CCCCCCCCCCCC)COC(=O)Cl. The van der Waals surface area contributed by atoms with Crippen LogP contribution in [0.4, 0.5) is 4.79 Å². The summed E-state index contributed by atoms with van der Waals surface area (Å²) in [6.45, 7) is 5.07. The molecule has 0 rings (SSSR count). The average molecular weight is 473 g/mol. The van der Waals surface area contributed by atoms with Gasteiger partial charge in [-0.15, -0.1) is 0 Å². The van der Waals surface area contributed by atoms with Gasteiger partial charge in [0.05, 0.1) is 6.61 Å². The summed E-state index contributed by atoms with van der Waals surface area (Å²) in [7, 11) is 0. The molecule has 1 unspecified atom stereocenters.